The molecule has 1 N–H and O–H groups in total. The van der Waals surface area contributed by atoms with E-state index in [1.54, 1.807) is 18.2 Å². The summed E-state index contributed by atoms with van der Waals surface area (Å²) in [6.45, 7) is 1.14. The van der Waals surface area contributed by atoms with E-state index in [-0.39, 0.29) is 43.1 Å². The van der Waals surface area contributed by atoms with Crippen LogP contribution in [-0.4, -0.2) is 44.9 Å². The van der Waals surface area contributed by atoms with Gasteiger partial charge in [-0.05, 0) is 54.8 Å². The van der Waals surface area contributed by atoms with E-state index in [4.69, 9.17) is 27.9 Å². The van der Waals surface area contributed by atoms with Gasteiger partial charge in [-0.1, -0.05) is 29.3 Å². The first-order valence-corrected chi connectivity index (χ1v) is 12.2. The van der Waals surface area contributed by atoms with Gasteiger partial charge in [0.25, 0.3) is 0 Å². The summed E-state index contributed by atoms with van der Waals surface area (Å²) in [5.74, 6) is -0.352. The molecule has 31 heavy (non-hydrogen) atoms. The summed E-state index contributed by atoms with van der Waals surface area (Å²) in [6, 6.07) is 10.4. The molecule has 0 bridgehead atoms. The number of carbonyl (C=O) groups excluding carboxylic acids is 1. The van der Waals surface area contributed by atoms with E-state index >= 15 is 0 Å². The summed E-state index contributed by atoms with van der Waals surface area (Å²) < 4.78 is 45.1. The molecule has 1 aliphatic rings. The van der Waals surface area contributed by atoms with Crippen LogP contribution < -0.4 is 10.1 Å². The van der Waals surface area contributed by atoms with E-state index in [9.17, 15) is 17.6 Å². The predicted octanol–water partition coefficient (Wildman–Crippen LogP) is 3.87. The highest BCUT2D eigenvalue weighted by Gasteiger charge is 2.31. The Morgan fingerprint density at radius 2 is 1.77 bits per heavy atom. The maximum Gasteiger partial charge on any atom is 0.223 e. The quantitative estimate of drug-likeness (QED) is 0.572. The summed E-state index contributed by atoms with van der Waals surface area (Å²) in [7, 11) is -3.52. The van der Waals surface area contributed by atoms with Crippen molar-refractivity contribution in [3.63, 3.8) is 0 Å². The number of sulfonamides is 1. The van der Waals surface area contributed by atoms with Crippen LogP contribution in [0.3, 0.4) is 0 Å². The Labute approximate surface area is 191 Å². The number of nitrogens with zero attached hydrogens (tertiary/aromatic N) is 1. The second-order valence-electron chi connectivity index (χ2n) is 7.27. The molecule has 1 saturated heterocycles. The molecule has 0 unspecified atom stereocenters. The van der Waals surface area contributed by atoms with Crippen LogP contribution >= 0.6 is 23.2 Å². The van der Waals surface area contributed by atoms with Crippen LogP contribution in [0.1, 0.15) is 18.4 Å². The van der Waals surface area contributed by atoms with E-state index in [2.05, 4.69) is 5.32 Å². The number of halogens is 3. The maximum absolute atomic E-state index is 12.9. The highest BCUT2D eigenvalue weighted by atomic mass is 35.5. The molecule has 3 rings (SSSR count). The van der Waals surface area contributed by atoms with Gasteiger partial charge in [-0.25, -0.2) is 17.1 Å². The van der Waals surface area contributed by atoms with Gasteiger partial charge >= 0.3 is 0 Å². The van der Waals surface area contributed by atoms with Gasteiger partial charge in [-0.15, -0.1) is 0 Å². The topological polar surface area (TPSA) is 75.7 Å². The van der Waals surface area contributed by atoms with Gasteiger partial charge in [0, 0.05) is 19.0 Å². The fourth-order valence-corrected chi connectivity index (χ4v) is 5.22. The molecule has 10 heteroatoms. The van der Waals surface area contributed by atoms with Crippen molar-refractivity contribution in [2.75, 3.05) is 26.2 Å². The first-order chi connectivity index (χ1) is 14.7. The van der Waals surface area contributed by atoms with Gasteiger partial charge < -0.3 is 10.1 Å². The number of carbonyl (C=O) groups is 1. The van der Waals surface area contributed by atoms with Crippen molar-refractivity contribution < 1.29 is 22.3 Å². The van der Waals surface area contributed by atoms with E-state index in [0.717, 1.165) is 0 Å². The molecule has 1 fully saturated rings. The first kappa shape index (κ1) is 23.8. The van der Waals surface area contributed by atoms with E-state index < -0.39 is 10.0 Å². The predicted molar refractivity (Wildman–Crippen MR) is 118 cm³/mol. The van der Waals surface area contributed by atoms with Gasteiger partial charge in [0.05, 0.1) is 22.3 Å². The van der Waals surface area contributed by atoms with Gasteiger partial charge in [-0.2, -0.15) is 0 Å². The molecule has 2 aromatic carbocycles. The van der Waals surface area contributed by atoms with E-state index in [0.29, 0.717) is 40.7 Å². The number of benzene rings is 2. The Kier molecular flexibility index (Phi) is 8.16. The zero-order valence-electron chi connectivity index (χ0n) is 16.7. The minimum Gasteiger partial charge on any atom is -0.492 e. The zero-order chi connectivity index (χ0) is 22.4. The Morgan fingerprint density at radius 1 is 1.10 bits per heavy atom. The molecule has 0 spiro atoms. The van der Waals surface area contributed by atoms with E-state index in [1.165, 1.54) is 28.6 Å². The van der Waals surface area contributed by atoms with Crippen molar-refractivity contribution in [2.24, 2.45) is 5.92 Å². The number of piperidine rings is 1. The highest BCUT2D eigenvalue weighted by molar-refractivity contribution is 7.88. The second kappa shape index (κ2) is 10.6. The highest BCUT2D eigenvalue weighted by Crippen LogP contribution is 2.26. The average Bonchev–Trinajstić information content (AvgIpc) is 2.75. The fourth-order valence-electron chi connectivity index (χ4n) is 3.35. The third-order valence-corrected chi connectivity index (χ3v) is 7.62. The Bertz CT molecular complexity index is 1010. The first-order valence-electron chi connectivity index (χ1n) is 9.82. The number of ether oxygens (including phenoxy) is 1. The second-order valence-corrected chi connectivity index (χ2v) is 10.1. The van der Waals surface area contributed by atoms with Crippen molar-refractivity contribution in [3.8, 4) is 5.75 Å². The largest absolute Gasteiger partial charge is 0.492 e. The number of nitrogens with one attached hydrogen (secondary N) is 1. The van der Waals surface area contributed by atoms with Crippen LogP contribution in [0, 0.1) is 11.7 Å². The lowest BCUT2D eigenvalue weighted by Gasteiger charge is -2.30. The SMILES string of the molecule is O=C(NCCOc1ccc(F)cc1)C1CCN(S(=O)(=O)Cc2ccc(Cl)c(Cl)c2)CC1. The lowest BCUT2D eigenvalue weighted by Crippen LogP contribution is -2.43. The Morgan fingerprint density at radius 3 is 2.42 bits per heavy atom. The van der Waals surface area contributed by atoms with Crippen molar-refractivity contribution >= 4 is 39.1 Å². The van der Waals surface area contributed by atoms with Gasteiger partial charge in [0.2, 0.25) is 15.9 Å². The number of rotatable bonds is 8. The minimum atomic E-state index is -3.52. The van der Waals surface area contributed by atoms with Crippen LogP contribution in [0.5, 0.6) is 5.75 Å². The monoisotopic (exact) mass is 488 g/mol. The molecule has 1 aliphatic heterocycles. The average molecular weight is 489 g/mol. The molecule has 0 aromatic heterocycles. The molecule has 0 radical (unpaired) electrons. The lowest BCUT2D eigenvalue weighted by atomic mass is 9.97. The van der Waals surface area contributed by atoms with Crippen LogP contribution in [-0.2, 0) is 20.6 Å². The molecular weight excluding hydrogens is 466 g/mol. The lowest BCUT2D eigenvalue weighted by molar-refractivity contribution is -0.126. The fraction of sp³-hybridized carbons (Fsp3) is 0.381. The smallest absolute Gasteiger partial charge is 0.223 e. The molecule has 1 heterocycles. The third-order valence-electron chi connectivity index (χ3n) is 5.03. The van der Waals surface area contributed by atoms with Gasteiger partial charge in [0.1, 0.15) is 18.2 Å². The van der Waals surface area contributed by atoms with Crippen LogP contribution in [0.25, 0.3) is 0 Å². The van der Waals surface area contributed by atoms with Crippen molar-refractivity contribution in [2.45, 2.75) is 18.6 Å². The summed E-state index contributed by atoms with van der Waals surface area (Å²) in [5.41, 5.74) is 0.565. The van der Waals surface area contributed by atoms with Crippen molar-refractivity contribution in [3.05, 3.63) is 63.9 Å². The molecule has 0 atom stereocenters. The van der Waals surface area contributed by atoms with Crippen LogP contribution in [0.4, 0.5) is 4.39 Å². The van der Waals surface area contributed by atoms with E-state index in [1.807, 2.05) is 0 Å². The van der Waals surface area contributed by atoms with Gasteiger partial charge in [-0.3, -0.25) is 4.79 Å². The van der Waals surface area contributed by atoms with Crippen LogP contribution in [0.15, 0.2) is 42.5 Å². The normalized spacial score (nSPS) is 15.6. The third kappa shape index (κ3) is 6.80. The van der Waals surface area contributed by atoms with Crippen molar-refractivity contribution in [1.29, 1.82) is 0 Å². The summed E-state index contributed by atoms with van der Waals surface area (Å²) in [5, 5.41) is 3.49. The summed E-state index contributed by atoms with van der Waals surface area (Å²) in [4.78, 5) is 12.4. The number of hydrogen-bond acceptors (Lipinski definition) is 4. The molecule has 2 aromatic rings. The summed E-state index contributed by atoms with van der Waals surface area (Å²) >= 11 is 11.8. The number of hydrogen-bond donors (Lipinski definition) is 1. The van der Waals surface area contributed by atoms with Crippen LogP contribution in [0.2, 0.25) is 10.0 Å². The molecule has 168 valence electrons. The Hall–Kier alpha value is -1.87. The number of amides is 1. The molecule has 0 aliphatic carbocycles. The standard InChI is InChI=1S/C21H23Cl2FN2O4S/c22-19-6-1-15(13-20(19)23)14-31(28,29)26-10-7-16(8-11-26)21(27)25-9-12-30-18-4-2-17(24)3-5-18/h1-6,13,16H,7-12,14H2,(H,25,27). The molecule has 1 amide bonds. The zero-order valence-corrected chi connectivity index (χ0v) is 19.0. The molecule has 0 saturated carbocycles. The van der Waals surface area contributed by atoms with Gasteiger partial charge in [0.15, 0.2) is 0 Å². The Balaban J connectivity index is 1.42. The summed E-state index contributed by atoms with van der Waals surface area (Å²) in [6.07, 6.45) is 0.899. The minimum absolute atomic E-state index is 0.121. The van der Waals surface area contributed by atoms with Crippen molar-refractivity contribution in [1.82, 2.24) is 9.62 Å². The molecule has 6 nitrogen and oxygen atoms in total. The maximum atomic E-state index is 12.9. The molecular formula is C21H23Cl2FN2O4S.